The predicted molar refractivity (Wildman–Crippen MR) is 129 cm³/mol. The van der Waals surface area contributed by atoms with E-state index in [1.807, 2.05) is 19.2 Å². The number of ether oxygens (including phenoxy) is 1. The molecule has 0 aliphatic carbocycles. The number of likely N-dealkylation sites (tertiary alicyclic amines) is 1. The van der Waals surface area contributed by atoms with Gasteiger partial charge in [-0.2, -0.15) is 10.2 Å². The minimum absolute atomic E-state index is 0.0909. The summed E-state index contributed by atoms with van der Waals surface area (Å²) in [6, 6.07) is 13.1. The molecule has 1 atom stereocenters. The van der Waals surface area contributed by atoms with Gasteiger partial charge in [-0.05, 0) is 62.0 Å². The van der Waals surface area contributed by atoms with Crippen molar-refractivity contribution in [1.82, 2.24) is 20.1 Å². The molecule has 7 nitrogen and oxygen atoms in total. The highest BCUT2D eigenvalue weighted by Gasteiger charge is 2.23. The summed E-state index contributed by atoms with van der Waals surface area (Å²) in [5, 5.41) is 12.5. The Bertz CT molecular complexity index is 1380. The van der Waals surface area contributed by atoms with Crippen molar-refractivity contribution in [2.45, 2.75) is 12.5 Å². The van der Waals surface area contributed by atoms with Crippen LogP contribution < -0.4 is 5.32 Å². The molecular weight excluding hydrogens is 457 g/mol. The molecule has 0 radical (unpaired) electrons. The monoisotopic (exact) mass is 477 g/mol. The van der Waals surface area contributed by atoms with Gasteiger partial charge < -0.3 is 15.0 Å². The fourth-order valence-electron chi connectivity index (χ4n) is 4.01. The quantitative estimate of drug-likeness (QED) is 0.401. The number of carbonyl (C=O) groups is 1. The van der Waals surface area contributed by atoms with Gasteiger partial charge in [0.25, 0.3) is 0 Å². The Morgan fingerprint density at radius 1 is 1.21 bits per heavy atom. The molecule has 1 N–H and O–H groups in total. The first-order valence-corrected chi connectivity index (χ1v) is 11.2. The van der Waals surface area contributed by atoms with Crippen molar-refractivity contribution >= 4 is 39.8 Å². The average molecular weight is 478 g/mol. The molecule has 0 saturated carbocycles. The van der Waals surface area contributed by atoms with Gasteiger partial charge in [-0.3, -0.25) is 4.98 Å². The number of nitrogens with one attached hydrogen (secondary N) is 1. The van der Waals surface area contributed by atoms with Gasteiger partial charge in [-0.25, -0.2) is 9.18 Å². The van der Waals surface area contributed by atoms with Gasteiger partial charge in [0.15, 0.2) is 0 Å². The maximum absolute atomic E-state index is 14.3. The van der Waals surface area contributed by atoms with Gasteiger partial charge in [0.2, 0.25) is 0 Å². The Labute approximate surface area is 200 Å². The number of halogens is 2. The van der Waals surface area contributed by atoms with E-state index in [9.17, 15) is 9.18 Å². The van der Waals surface area contributed by atoms with Crippen LogP contribution in [-0.2, 0) is 4.74 Å². The number of hydrogen-bond acceptors (Lipinski definition) is 7. The SMILES string of the molecule is CN1CC[C@H](OC(=O)c2ccc3c(Nc4cnnc(-c5cc(Cl)ccc5F)c4)ccnc3c2)C1. The molecule has 0 unspecified atom stereocenters. The van der Waals surface area contributed by atoms with Gasteiger partial charge in [0.1, 0.15) is 11.9 Å². The number of esters is 1. The third-order valence-corrected chi connectivity index (χ3v) is 5.97. The molecule has 3 heterocycles. The number of hydrogen-bond donors (Lipinski definition) is 1. The third-order valence-electron chi connectivity index (χ3n) is 5.74. The standard InChI is InChI=1S/C25H21ClFN5O2/c1-32-9-7-18(14-32)34-25(33)15-2-4-19-22(6-8-28-23(19)10-15)30-17-12-24(31-29-13-17)20-11-16(26)3-5-21(20)27/h2-6,8,10-13,18H,7,9,14H2,1H3,(H,28,30,31)/t18-/m0/s1. The lowest BCUT2D eigenvalue weighted by atomic mass is 10.1. The molecule has 34 heavy (non-hydrogen) atoms. The highest BCUT2D eigenvalue weighted by molar-refractivity contribution is 6.30. The van der Waals surface area contributed by atoms with Crippen molar-refractivity contribution in [3.63, 3.8) is 0 Å². The lowest BCUT2D eigenvalue weighted by molar-refractivity contribution is 0.0327. The maximum Gasteiger partial charge on any atom is 0.338 e. The Hall–Kier alpha value is -3.62. The third kappa shape index (κ3) is 4.69. The van der Waals surface area contributed by atoms with Crippen LogP contribution in [0.25, 0.3) is 22.2 Å². The molecule has 9 heteroatoms. The second-order valence-corrected chi connectivity index (χ2v) is 8.68. The lowest BCUT2D eigenvalue weighted by Gasteiger charge is -2.13. The van der Waals surface area contributed by atoms with Gasteiger partial charge >= 0.3 is 5.97 Å². The van der Waals surface area contributed by atoms with Gasteiger partial charge in [-0.15, -0.1) is 0 Å². The predicted octanol–water partition coefficient (Wildman–Crippen LogP) is 5.09. The summed E-state index contributed by atoms with van der Waals surface area (Å²) in [6.45, 7) is 1.66. The van der Waals surface area contributed by atoms with Crippen LogP contribution in [0.3, 0.4) is 0 Å². The molecule has 2 aromatic heterocycles. The smallest absolute Gasteiger partial charge is 0.338 e. The number of benzene rings is 2. The first-order chi connectivity index (χ1) is 16.5. The van der Waals surface area contributed by atoms with Gasteiger partial charge in [-0.1, -0.05) is 11.6 Å². The molecule has 2 aromatic carbocycles. The normalized spacial score (nSPS) is 16.0. The van der Waals surface area contributed by atoms with Crippen molar-refractivity contribution in [3.05, 3.63) is 77.3 Å². The van der Waals surface area contributed by atoms with E-state index in [4.69, 9.17) is 16.3 Å². The van der Waals surface area contributed by atoms with Crippen LogP contribution in [0.2, 0.25) is 5.02 Å². The Morgan fingerprint density at radius 2 is 2.09 bits per heavy atom. The van der Waals surface area contributed by atoms with Gasteiger partial charge in [0.05, 0.1) is 28.7 Å². The van der Waals surface area contributed by atoms with E-state index in [1.165, 1.54) is 18.2 Å². The zero-order valence-corrected chi connectivity index (χ0v) is 19.1. The Kier molecular flexibility index (Phi) is 6.08. The fraction of sp³-hybridized carbons (Fsp3) is 0.200. The summed E-state index contributed by atoms with van der Waals surface area (Å²) >= 11 is 6.02. The van der Waals surface area contributed by atoms with Crippen LogP contribution in [0, 0.1) is 5.82 Å². The molecular formula is C25H21ClFN5O2. The zero-order valence-electron chi connectivity index (χ0n) is 18.3. The topological polar surface area (TPSA) is 80.2 Å². The maximum atomic E-state index is 14.3. The number of aromatic nitrogens is 3. The molecule has 5 rings (SSSR count). The number of fused-ring (bicyclic) bond motifs is 1. The van der Waals surface area contributed by atoms with Crippen molar-refractivity contribution in [3.8, 4) is 11.3 Å². The summed E-state index contributed by atoms with van der Waals surface area (Å²) in [5.74, 6) is -0.789. The second-order valence-electron chi connectivity index (χ2n) is 8.25. The summed E-state index contributed by atoms with van der Waals surface area (Å²) in [6.07, 6.45) is 3.94. The molecule has 1 aliphatic rings. The van der Waals surface area contributed by atoms with Crippen molar-refractivity contribution in [2.24, 2.45) is 0 Å². The van der Waals surface area contributed by atoms with E-state index < -0.39 is 5.82 Å². The largest absolute Gasteiger partial charge is 0.457 e. The van der Waals surface area contributed by atoms with Crippen LogP contribution in [0.5, 0.6) is 0 Å². The van der Waals surface area contributed by atoms with Crippen molar-refractivity contribution in [1.29, 1.82) is 0 Å². The first kappa shape index (κ1) is 22.2. The van der Waals surface area contributed by atoms with E-state index in [2.05, 4.69) is 25.4 Å². The van der Waals surface area contributed by atoms with E-state index in [-0.39, 0.29) is 17.6 Å². The van der Waals surface area contributed by atoms with Crippen LogP contribution >= 0.6 is 11.6 Å². The van der Waals surface area contributed by atoms with Crippen LogP contribution in [0.15, 0.2) is 60.9 Å². The summed E-state index contributed by atoms with van der Waals surface area (Å²) in [7, 11) is 2.01. The van der Waals surface area contributed by atoms with E-state index in [1.54, 1.807) is 30.6 Å². The zero-order chi connectivity index (χ0) is 23.7. The van der Waals surface area contributed by atoms with Crippen molar-refractivity contribution < 1.29 is 13.9 Å². The Morgan fingerprint density at radius 3 is 2.91 bits per heavy atom. The summed E-state index contributed by atoms with van der Waals surface area (Å²) in [5.41, 5.74) is 3.09. The van der Waals surface area contributed by atoms with E-state index in [0.29, 0.717) is 27.5 Å². The van der Waals surface area contributed by atoms with Crippen LogP contribution in [0.4, 0.5) is 15.8 Å². The number of pyridine rings is 1. The molecule has 0 amide bonds. The number of anilines is 2. The lowest BCUT2D eigenvalue weighted by Crippen LogP contribution is -2.22. The highest BCUT2D eigenvalue weighted by atomic mass is 35.5. The van der Waals surface area contributed by atoms with Gasteiger partial charge in [0, 0.05) is 40.9 Å². The second kappa shape index (κ2) is 9.32. The first-order valence-electron chi connectivity index (χ1n) is 10.8. The minimum atomic E-state index is -0.436. The Balaban J connectivity index is 1.39. The highest BCUT2D eigenvalue weighted by Crippen LogP contribution is 2.29. The molecule has 0 spiro atoms. The number of carbonyl (C=O) groups excluding carboxylic acids is 1. The molecule has 172 valence electrons. The molecule has 4 aromatic rings. The molecule has 1 saturated heterocycles. The number of likely N-dealkylation sites (N-methyl/N-ethyl adjacent to an activating group) is 1. The van der Waals surface area contributed by atoms with Crippen LogP contribution in [0.1, 0.15) is 16.8 Å². The molecule has 1 aliphatic heterocycles. The minimum Gasteiger partial charge on any atom is -0.457 e. The summed E-state index contributed by atoms with van der Waals surface area (Å²) < 4.78 is 19.9. The van der Waals surface area contributed by atoms with E-state index >= 15 is 0 Å². The van der Waals surface area contributed by atoms with E-state index in [0.717, 1.165) is 30.6 Å². The average Bonchev–Trinajstić information content (AvgIpc) is 3.25. The number of nitrogens with zero attached hydrogens (tertiary/aromatic N) is 4. The fourth-order valence-corrected chi connectivity index (χ4v) is 4.18. The molecule has 0 bridgehead atoms. The number of rotatable bonds is 5. The molecule has 1 fully saturated rings. The van der Waals surface area contributed by atoms with Crippen LogP contribution in [-0.4, -0.2) is 52.3 Å². The summed E-state index contributed by atoms with van der Waals surface area (Å²) in [4.78, 5) is 19.2. The van der Waals surface area contributed by atoms with Crippen molar-refractivity contribution in [2.75, 3.05) is 25.5 Å².